The lowest BCUT2D eigenvalue weighted by Crippen LogP contribution is -2.31. The van der Waals surface area contributed by atoms with Crippen LogP contribution in [0.25, 0.3) is 0 Å². The third-order valence-corrected chi connectivity index (χ3v) is 3.96. The lowest BCUT2D eigenvalue weighted by atomic mass is 10.1. The summed E-state index contributed by atoms with van der Waals surface area (Å²) < 4.78 is 5.39. The number of ketones is 1. The van der Waals surface area contributed by atoms with Crippen molar-refractivity contribution in [2.24, 2.45) is 5.92 Å². The van der Waals surface area contributed by atoms with Gasteiger partial charge in [0.15, 0.2) is 5.78 Å². The molecule has 0 radical (unpaired) electrons. The molecule has 1 aliphatic heterocycles. The molecule has 0 bridgehead atoms. The first-order valence-electron chi connectivity index (χ1n) is 7.71. The van der Waals surface area contributed by atoms with E-state index in [2.05, 4.69) is 16.8 Å². The summed E-state index contributed by atoms with van der Waals surface area (Å²) in [6.45, 7) is 6.38. The van der Waals surface area contributed by atoms with Crippen LogP contribution in [-0.2, 0) is 0 Å². The molecule has 1 heterocycles. The zero-order valence-electron chi connectivity index (χ0n) is 13.3. The van der Waals surface area contributed by atoms with Gasteiger partial charge in [-0.05, 0) is 64.2 Å². The second kappa shape index (κ2) is 7.57. The van der Waals surface area contributed by atoms with Crippen LogP contribution in [0.2, 0.25) is 0 Å². The van der Waals surface area contributed by atoms with Crippen LogP contribution in [0.5, 0.6) is 5.75 Å². The summed E-state index contributed by atoms with van der Waals surface area (Å²) in [6.07, 6.45) is 1.23. The highest BCUT2D eigenvalue weighted by Crippen LogP contribution is 2.16. The van der Waals surface area contributed by atoms with Crippen molar-refractivity contribution in [3.63, 3.8) is 0 Å². The third-order valence-electron chi connectivity index (χ3n) is 3.96. The van der Waals surface area contributed by atoms with Gasteiger partial charge in [-0.15, -0.1) is 0 Å². The van der Waals surface area contributed by atoms with Gasteiger partial charge in [0, 0.05) is 18.7 Å². The predicted octanol–water partition coefficient (Wildman–Crippen LogP) is 2.15. The van der Waals surface area contributed by atoms with Crippen molar-refractivity contribution in [1.29, 1.82) is 0 Å². The van der Waals surface area contributed by atoms with Gasteiger partial charge >= 0.3 is 0 Å². The van der Waals surface area contributed by atoms with Crippen molar-refractivity contribution in [3.05, 3.63) is 29.8 Å². The highest BCUT2D eigenvalue weighted by Gasteiger charge is 2.21. The number of ether oxygens (including phenoxy) is 1. The third kappa shape index (κ3) is 4.83. The van der Waals surface area contributed by atoms with Crippen LogP contribution in [0.4, 0.5) is 0 Å². The molecule has 1 aromatic rings. The lowest BCUT2D eigenvalue weighted by Gasteiger charge is -2.20. The molecule has 1 aliphatic rings. The first-order valence-corrected chi connectivity index (χ1v) is 7.71. The first-order chi connectivity index (χ1) is 10.1. The minimum Gasteiger partial charge on any atom is -0.494 e. The smallest absolute Gasteiger partial charge is 0.176 e. The molecule has 0 N–H and O–H groups in total. The van der Waals surface area contributed by atoms with Crippen molar-refractivity contribution < 1.29 is 9.53 Å². The highest BCUT2D eigenvalue weighted by molar-refractivity contribution is 5.97. The normalized spacial score (nSPS) is 19.1. The molecule has 4 heteroatoms. The van der Waals surface area contributed by atoms with E-state index in [4.69, 9.17) is 4.74 Å². The fraction of sp³-hybridized carbons (Fsp3) is 0.588. The second-order valence-corrected chi connectivity index (χ2v) is 5.99. The fourth-order valence-corrected chi connectivity index (χ4v) is 2.92. The average Bonchev–Trinajstić information content (AvgIpc) is 2.85. The van der Waals surface area contributed by atoms with Crippen molar-refractivity contribution in [2.45, 2.75) is 13.3 Å². The number of benzene rings is 1. The van der Waals surface area contributed by atoms with Crippen LogP contribution in [0.1, 0.15) is 23.7 Å². The summed E-state index contributed by atoms with van der Waals surface area (Å²) in [4.78, 5) is 16.8. The fourth-order valence-electron chi connectivity index (χ4n) is 2.92. The van der Waals surface area contributed by atoms with E-state index in [1.165, 1.54) is 13.0 Å². The highest BCUT2D eigenvalue weighted by atomic mass is 16.5. The maximum Gasteiger partial charge on any atom is 0.176 e. The average molecular weight is 290 g/mol. The van der Waals surface area contributed by atoms with E-state index in [1.54, 1.807) is 0 Å². The Morgan fingerprint density at radius 3 is 2.67 bits per heavy atom. The molecule has 0 aliphatic carbocycles. The number of likely N-dealkylation sites (N-methyl/N-ethyl adjacent to an activating group) is 1. The van der Waals surface area contributed by atoms with Gasteiger partial charge in [0.25, 0.3) is 0 Å². The topological polar surface area (TPSA) is 32.8 Å². The molecule has 1 fully saturated rings. The summed E-state index contributed by atoms with van der Waals surface area (Å²) >= 11 is 0. The van der Waals surface area contributed by atoms with E-state index in [-0.39, 0.29) is 5.78 Å². The van der Waals surface area contributed by atoms with Crippen LogP contribution in [-0.4, -0.2) is 62.5 Å². The molecule has 1 saturated heterocycles. The Bertz CT molecular complexity index is 458. The van der Waals surface area contributed by atoms with Gasteiger partial charge in [-0.25, -0.2) is 0 Å². The summed E-state index contributed by atoms with van der Waals surface area (Å²) in [5.74, 6) is 1.68. The molecular weight excluding hydrogens is 264 g/mol. The molecule has 0 aromatic heterocycles. The zero-order chi connectivity index (χ0) is 15.2. The van der Waals surface area contributed by atoms with Crippen molar-refractivity contribution in [2.75, 3.05) is 46.9 Å². The second-order valence-electron chi connectivity index (χ2n) is 5.99. The quantitative estimate of drug-likeness (QED) is 0.720. The van der Waals surface area contributed by atoms with Crippen LogP contribution in [0, 0.1) is 5.92 Å². The van der Waals surface area contributed by atoms with Crippen LogP contribution in [0.15, 0.2) is 24.3 Å². The molecule has 21 heavy (non-hydrogen) atoms. The Morgan fingerprint density at radius 2 is 2.10 bits per heavy atom. The number of hydrogen-bond acceptors (Lipinski definition) is 4. The number of carbonyl (C=O) groups is 1. The molecule has 0 spiro atoms. The number of carbonyl (C=O) groups excluding carboxylic acids is 1. The summed E-state index contributed by atoms with van der Waals surface area (Å²) in [5, 5.41) is 0. The van der Waals surface area contributed by atoms with Gasteiger partial charge < -0.3 is 9.64 Å². The van der Waals surface area contributed by atoms with Crippen LogP contribution in [0.3, 0.4) is 0 Å². The monoisotopic (exact) mass is 290 g/mol. The van der Waals surface area contributed by atoms with E-state index in [0.29, 0.717) is 19.1 Å². The predicted molar refractivity (Wildman–Crippen MR) is 85.0 cm³/mol. The van der Waals surface area contributed by atoms with Crippen molar-refractivity contribution in [1.82, 2.24) is 9.80 Å². The number of rotatable bonds is 7. The van der Waals surface area contributed by atoms with Gasteiger partial charge in [0.2, 0.25) is 0 Å². The van der Waals surface area contributed by atoms with E-state index < -0.39 is 0 Å². The molecule has 1 aromatic carbocycles. The Morgan fingerprint density at radius 1 is 1.38 bits per heavy atom. The Hall–Kier alpha value is -1.39. The molecule has 0 saturated carbocycles. The van der Waals surface area contributed by atoms with Gasteiger partial charge in [0.05, 0.1) is 13.2 Å². The number of Topliss-reactive ketones (excluding diaryl/α,β-unsaturated/α-hetero) is 1. The molecule has 1 atom stereocenters. The maximum absolute atomic E-state index is 12.3. The molecule has 4 nitrogen and oxygen atoms in total. The van der Waals surface area contributed by atoms with Crippen molar-refractivity contribution >= 4 is 5.78 Å². The Labute approximate surface area is 127 Å². The van der Waals surface area contributed by atoms with E-state index in [0.717, 1.165) is 24.4 Å². The van der Waals surface area contributed by atoms with Gasteiger partial charge in [-0.1, -0.05) is 0 Å². The maximum atomic E-state index is 12.3. The summed E-state index contributed by atoms with van der Waals surface area (Å²) in [7, 11) is 4.19. The molecule has 116 valence electrons. The largest absolute Gasteiger partial charge is 0.494 e. The number of hydrogen-bond donors (Lipinski definition) is 0. The lowest BCUT2D eigenvalue weighted by molar-refractivity contribution is 0.0938. The van der Waals surface area contributed by atoms with E-state index in [9.17, 15) is 4.79 Å². The molecule has 0 amide bonds. The minimum absolute atomic E-state index is 0.173. The Balaban J connectivity index is 1.82. The molecule has 1 unspecified atom stereocenters. The standard InChI is InChI=1S/C17H26N2O2/c1-4-21-16-7-5-15(6-8-16)17(20)13-19(3)12-14-9-10-18(2)11-14/h5-8,14H,4,9-13H2,1-3H3. The van der Waals surface area contributed by atoms with Gasteiger partial charge in [-0.3, -0.25) is 9.69 Å². The van der Waals surface area contributed by atoms with Gasteiger partial charge in [-0.2, -0.15) is 0 Å². The Kier molecular flexibility index (Phi) is 5.76. The first kappa shape index (κ1) is 16.0. The van der Waals surface area contributed by atoms with Gasteiger partial charge in [0.1, 0.15) is 5.75 Å². The van der Waals surface area contributed by atoms with Crippen molar-refractivity contribution in [3.8, 4) is 5.75 Å². The SMILES string of the molecule is CCOc1ccc(C(=O)CN(C)CC2CCN(C)C2)cc1. The molecular formula is C17H26N2O2. The summed E-state index contributed by atoms with van der Waals surface area (Å²) in [6, 6.07) is 7.43. The van der Waals surface area contributed by atoms with Crippen LogP contribution < -0.4 is 4.74 Å². The minimum atomic E-state index is 0.173. The molecule has 2 rings (SSSR count). The van der Waals surface area contributed by atoms with Crippen LogP contribution >= 0.6 is 0 Å². The zero-order valence-corrected chi connectivity index (χ0v) is 13.3. The summed E-state index contributed by atoms with van der Waals surface area (Å²) in [5.41, 5.74) is 0.758. The van der Waals surface area contributed by atoms with E-state index >= 15 is 0 Å². The number of likely N-dealkylation sites (tertiary alicyclic amines) is 1. The number of nitrogens with zero attached hydrogens (tertiary/aromatic N) is 2. The van der Waals surface area contributed by atoms with E-state index in [1.807, 2.05) is 38.2 Å².